The second kappa shape index (κ2) is 5.39. The van der Waals surface area contributed by atoms with Gasteiger partial charge in [-0.1, -0.05) is 0 Å². The Hall–Kier alpha value is -2.45. The summed E-state index contributed by atoms with van der Waals surface area (Å²) < 4.78 is 44.4. The Morgan fingerprint density at radius 1 is 1.36 bits per heavy atom. The molecule has 1 aromatic heterocycles. The van der Waals surface area contributed by atoms with E-state index < -0.39 is 12.0 Å². The molecule has 6 nitrogen and oxygen atoms in total. The molecule has 0 radical (unpaired) electrons. The third kappa shape index (κ3) is 2.92. The summed E-state index contributed by atoms with van der Waals surface area (Å²) in [6.07, 6.45) is -1.97. The maximum Gasteiger partial charge on any atom is 0.453 e. The van der Waals surface area contributed by atoms with Crippen molar-refractivity contribution in [2.75, 3.05) is 6.61 Å². The summed E-state index contributed by atoms with van der Waals surface area (Å²) >= 11 is 0. The number of aldehydes is 1. The molecule has 9 heteroatoms. The van der Waals surface area contributed by atoms with Crippen molar-refractivity contribution in [3.63, 3.8) is 0 Å². The van der Waals surface area contributed by atoms with Gasteiger partial charge in [0, 0.05) is 0 Å². The zero-order valence-corrected chi connectivity index (χ0v) is 11.2. The average molecular weight is 312 g/mol. The molecule has 2 aromatic rings. The van der Waals surface area contributed by atoms with Crippen LogP contribution in [0.25, 0.3) is 5.69 Å². The van der Waals surface area contributed by atoms with Crippen LogP contribution in [0, 0.1) is 5.92 Å². The van der Waals surface area contributed by atoms with Crippen molar-refractivity contribution >= 4 is 6.29 Å². The molecule has 0 bridgehead atoms. The Morgan fingerprint density at radius 2 is 2.14 bits per heavy atom. The SMILES string of the molecule is O=Cc1cc(-n2nnnc2C(F)(F)F)ccc1OCC1CC1. The summed E-state index contributed by atoms with van der Waals surface area (Å²) in [5.74, 6) is -0.418. The second-order valence-corrected chi connectivity index (χ2v) is 5.01. The molecule has 22 heavy (non-hydrogen) atoms. The lowest BCUT2D eigenvalue weighted by Gasteiger charge is -2.11. The Bertz CT molecular complexity index is 695. The lowest BCUT2D eigenvalue weighted by atomic mass is 10.2. The van der Waals surface area contributed by atoms with Gasteiger partial charge in [-0.15, -0.1) is 5.10 Å². The third-order valence-electron chi connectivity index (χ3n) is 3.26. The monoisotopic (exact) mass is 312 g/mol. The first-order valence-electron chi connectivity index (χ1n) is 6.57. The van der Waals surface area contributed by atoms with Crippen LogP contribution in [0.4, 0.5) is 13.2 Å². The number of halogens is 3. The molecule has 0 aliphatic heterocycles. The zero-order chi connectivity index (χ0) is 15.7. The number of benzene rings is 1. The quantitative estimate of drug-likeness (QED) is 0.792. The van der Waals surface area contributed by atoms with E-state index >= 15 is 0 Å². The standard InChI is InChI=1S/C13H11F3N4O2/c14-13(15,16)12-17-18-19-20(12)10-3-4-11(9(5-10)6-21)22-7-8-1-2-8/h3-6,8H,1-2,7H2. The fourth-order valence-electron chi connectivity index (χ4n) is 1.92. The minimum atomic E-state index is -4.69. The summed E-state index contributed by atoms with van der Waals surface area (Å²) in [4.78, 5) is 11.1. The van der Waals surface area contributed by atoms with Gasteiger partial charge in [-0.3, -0.25) is 4.79 Å². The van der Waals surface area contributed by atoms with Crippen molar-refractivity contribution in [1.82, 2.24) is 20.2 Å². The number of carbonyl (C=O) groups is 1. The van der Waals surface area contributed by atoms with Crippen LogP contribution in [0.2, 0.25) is 0 Å². The van der Waals surface area contributed by atoms with Crippen molar-refractivity contribution in [1.29, 1.82) is 0 Å². The molecule has 0 saturated heterocycles. The van der Waals surface area contributed by atoms with E-state index in [1.165, 1.54) is 18.2 Å². The zero-order valence-electron chi connectivity index (χ0n) is 11.2. The lowest BCUT2D eigenvalue weighted by molar-refractivity contribution is -0.146. The molecule has 3 rings (SSSR count). The summed E-state index contributed by atoms with van der Waals surface area (Å²) in [5, 5.41) is 9.32. The van der Waals surface area contributed by atoms with Gasteiger partial charge in [0.05, 0.1) is 17.9 Å². The van der Waals surface area contributed by atoms with Crippen molar-refractivity contribution in [3.05, 3.63) is 29.6 Å². The summed E-state index contributed by atoms with van der Waals surface area (Å²) in [6.45, 7) is 0.499. The normalized spacial score (nSPS) is 14.9. The largest absolute Gasteiger partial charge is 0.493 e. The van der Waals surface area contributed by atoms with Crippen molar-refractivity contribution in [2.45, 2.75) is 19.0 Å². The van der Waals surface area contributed by atoms with E-state index in [4.69, 9.17) is 4.74 Å². The molecular formula is C13H11F3N4O2. The van der Waals surface area contributed by atoms with E-state index in [2.05, 4.69) is 15.5 Å². The van der Waals surface area contributed by atoms with Gasteiger partial charge in [-0.2, -0.15) is 17.9 Å². The number of carbonyl (C=O) groups excluding carboxylic acids is 1. The minimum absolute atomic E-state index is 0.0400. The van der Waals surface area contributed by atoms with E-state index in [0.29, 0.717) is 29.2 Å². The maximum absolute atomic E-state index is 12.8. The fraction of sp³-hybridized carbons (Fsp3) is 0.385. The van der Waals surface area contributed by atoms with Gasteiger partial charge in [0.2, 0.25) is 0 Å². The number of hydrogen-bond donors (Lipinski definition) is 0. The molecule has 0 N–H and O–H groups in total. The highest BCUT2D eigenvalue weighted by atomic mass is 19.4. The Kier molecular flexibility index (Phi) is 3.55. The van der Waals surface area contributed by atoms with Crippen LogP contribution in [-0.4, -0.2) is 33.1 Å². The van der Waals surface area contributed by atoms with E-state index in [1.807, 2.05) is 0 Å². The molecule has 116 valence electrons. The van der Waals surface area contributed by atoms with Crippen LogP contribution in [-0.2, 0) is 6.18 Å². The molecular weight excluding hydrogens is 301 g/mol. The molecule has 1 fully saturated rings. The topological polar surface area (TPSA) is 69.9 Å². The van der Waals surface area contributed by atoms with Gasteiger partial charge in [0.15, 0.2) is 6.29 Å². The molecule has 1 heterocycles. The molecule has 0 amide bonds. The van der Waals surface area contributed by atoms with Gasteiger partial charge in [0.25, 0.3) is 5.82 Å². The van der Waals surface area contributed by atoms with E-state index in [-0.39, 0.29) is 11.3 Å². The Balaban J connectivity index is 1.91. The lowest BCUT2D eigenvalue weighted by Crippen LogP contribution is -2.15. The highest BCUT2D eigenvalue weighted by molar-refractivity contribution is 5.80. The second-order valence-electron chi connectivity index (χ2n) is 5.01. The van der Waals surface area contributed by atoms with Crippen LogP contribution in [0.1, 0.15) is 29.0 Å². The predicted molar refractivity (Wildman–Crippen MR) is 67.8 cm³/mol. The van der Waals surface area contributed by atoms with Crippen molar-refractivity contribution < 1.29 is 22.7 Å². The van der Waals surface area contributed by atoms with E-state index in [1.54, 1.807) is 0 Å². The van der Waals surface area contributed by atoms with Crippen LogP contribution in [0.15, 0.2) is 18.2 Å². The number of nitrogens with zero attached hydrogens (tertiary/aromatic N) is 4. The van der Waals surface area contributed by atoms with Gasteiger partial charge in [0.1, 0.15) is 5.75 Å². The van der Waals surface area contributed by atoms with Gasteiger partial charge in [-0.25, -0.2) is 0 Å². The van der Waals surface area contributed by atoms with Crippen LogP contribution >= 0.6 is 0 Å². The number of tetrazole rings is 1. The first-order chi connectivity index (χ1) is 10.5. The number of aromatic nitrogens is 4. The number of ether oxygens (including phenoxy) is 1. The molecule has 0 spiro atoms. The van der Waals surface area contributed by atoms with Gasteiger partial charge in [-0.05, 0) is 47.4 Å². The number of rotatable bonds is 5. The highest BCUT2D eigenvalue weighted by Crippen LogP contribution is 2.32. The molecule has 1 aromatic carbocycles. The summed E-state index contributed by atoms with van der Waals surface area (Å²) in [6, 6.07) is 4.09. The van der Waals surface area contributed by atoms with E-state index in [0.717, 1.165) is 12.8 Å². The molecule has 1 saturated carbocycles. The Morgan fingerprint density at radius 3 is 2.77 bits per heavy atom. The number of hydrogen-bond acceptors (Lipinski definition) is 5. The third-order valence-corrected chi connectivity index (χ3v) is 3.26. The van der Waals surface area contributed by atoms with Crippen LogP contribution in [0.3, 0.4) is 0 Å². The first kappa shape index (κ1) is 14.5. The van der Waals surface area contributed by atoms with Crippen LogP contribution in [0.5, 0.6) is 5.75 Å². The molecule has 0 unspecified atom stereocenters. The smallest absolute Gasteiger partial charge is 0.453 e. The van der Waals surface area contributed by atoms with Crippen molar-refractivity contribution in [2.24, 2.45) is 5.92 Å². The summed E-state index contributed by atoms with van der Waals surface area (Å²) in [7, 11) is 0. The molecule has 1 aliphatic rings. The van der Waals surface area contributed by atoms with Crippen molar-refractivity contribution in [3.8, 4) is 11.4 Å². The number of alkyl halides is 3. The first-order valence-corrected chi connectivity index (χ1v) is 6.57. The maximum atomic E-state index is 12.8. The van der Waals surface area contributed by atoms with Crippen LogP contribution < -0.4 is 4.74 Å². The van der Waals surface area contributed by atoms with Gasteiger partial charge < -0.3 is 4.74 Å². The molecule has 0 atom stereocenters. The van der Waals surface area contributed by atoms with Gasteiger partial charge >= 0.3 is 6.18 Å². The van der Waals surface area contributed by atoms with E-state index in [9.17, 15) is 18.0 Å². The minimum Gasteiger partial charge on any atom is -0.493 e. The highest BCUT2D eigenvalue weighted by Gasteiger charge is 2.38. The summed E-state index contributed by atoms with van der Waals surface area (Å²) in [5.41, 5.74) is 0.194. The Labute approximate surface area is 122 Å². The fourth-order valence-corrected chi connectivity index (χ4v) is 1.92. The predicted octanol–water partition coefficient (Wildman–Crippen LogP) is 2.28. The average Bonchev–Trinajstić information content (AvgIpc) is 3.17. The molecule has 1 aliphatic carbocycles.